The number of carbonyl (C=O) groups is 1. The van der Waals surface area contributed by atoms with E-state index < -0.39 is 0 Å². The molecular formula is C24H32FN3O. The molecule has 0 bridgehead atoms. The fourth-order valence-corrected chi connectivity index (χ4v) is 5.13. The van der Waals surface area contributed by atoms with E-state index in [0.717, 1.165) is 55.4 Å². The standard InChI is InChI=1S/C24H32FN3O/c1-16-11-19(21-13-22(25)17(2)24-20(21)5-4-8-26-24)15-28(14-16)23(29)12-18-6-9-27(3)10-7-18/h4-5,8,13,16,18-19H,6-7,9-12,14-15H2,1-3H3. The van der Waals surface area contributed by atoms with Crippen LogP contribution in [0.2, 0.25) is 0 Å². The maximum atomic E-state index is 14.6. The third kappa shape index (κ3) is 4.30. The fraction of sp³-hybridized carbons (Fsp3) is 0.583. The summed E-state index contributed by atoms with van der Waals surface area (Å²) < 4.78 is 14.6. The van der Waals surface area contributed by atoms with Gasteiger partial charge in [-0.15, -0.1) is 0 Å². The first-order valence-electron chi connectivity index (χ1n) is 10.9. The maximum absolute atomic E-state index is 14.6. The molecule has 2 unspecified atom stereocenters. The predicted molar refractivity (Wildman–Crippen MR) is 114 cm³/mol. The highest BCUT2D eigenvalue weighted by atomic mass is 19.1. The van der Waals surface area contributed by atoms with Gasteiger partial charge in [-0.05, 0) is 75.9 Å². The first kappa shape index (κ1) is 20.3. The zero-order valence-electron chi connectivity index (χ0n) is 17.8. The van der Waals surface area contributed by atoms with E-state index in [4.69, 9.17) is 0 Å². The SMILES string of the molecule is Cc1c(F)cc(C2CC(C)CN(C(=O)CC3CCN(C)CC3)C2)c2cccnc12. The van der Waals surface area contributed by atoms with Crippen LogP contribution in [0.3, 0.4) is 0 Å². The second-order valence-electron chi connectivity index (χ2n) is 9.26. The molecule has 3 heterocycles. The molecule has 1 aromatic heterocycles. The lowest BCUT2D eigenvalue weighted by molar-refractivity contribution is -0.134. The van der Waals surface area contributed by atoms with Crippen LogP contribution in [0.25, 0.3) is 10.9 Å². The van der Waals surface area contributed by atoms with Gasteiger partial charge in [-0.2, -0.15) is 0 Å². The Balaban J connectivity index is 1.54. The zero-order chi connectivity index (χ0) is 20.5. The Kier molecular flexibility index (Phi) is 5.86. The normalized spacial score (nSPS) is 24.2. The van der Waals surface area contributed by atoms with E-state index in [-0.39, 0.29) is 17.6 Å². The van der Waals surface area contributed by atoms with Crippen molar-refractivity contribution in [3.05, 3.63) is 41.3 Å². The molecule has 0 aliphatic carbocycles. The number of fused-ring (bicyclic) bond motifs is 1. The molecule has 4 rings (SSSR count). The average Bonchev–Trinajstić information content (AvgIpc) is 2.72. The minimum absolute atomic E-state index is 0.155. The molecule has 1 aromatic carbocycles. The Morgan fingerprint density at radius 3 is 2.79 bits per heavy atom. The highest BCUT2D eigenvalue weighted by Gasteiger charge is 2.31. The first-order chi connectivity index (χ1) is 13.9. The van der Waals surface area contributed by atoms with E-state index in [1.165, 1.54) is 0 Å². The number of hydrogen-bond acceptors (Lipinski definition) is 3. The van der Waals surface area contributed by atoms with Crippen LogP contribution in [0.1, 0.15) is 49.7 Å². The van der Waals surface area contributed by atoms with E-state index in [1.807, 2.05) is 17.0 Å². The highest BCUT2D eigenvalue weighted by Crippen LogP contribution is 2.36. The van der Waals surface area contributed by atoms with Crippen molar-refractivity contribution in [2.24, 2.45) is 11.8 Å². The summed E-state index contributed by atoms with van der Waals surface area (Å²) in [6.45, 7) is 7.65. The zero-order valence-corrected chi connectivity index (χ0v) is 17.8. The van der Waals surface area contributed by atoms with Gasteiger partial charge in [0.15, 0.2) is 0 Å². The quantitative estimate of drug-likeness (QED) is 0.772. The van der Waals surface area contributed by atoms with Gasteiger partial charge in [0.2, 0.25) is 5.91 Å². The molecule has 2 aliphatic heterocycles. The van der Waals surface area contributed by atoms with Gasteiger partial charge < -0.3 is 9.80 Å². The van der Waals surface area contributed by atoms with Crippen molar-refractivity contribution in [1.29, 1.82) is 0 Å². The maximum Gasteiger partial charge on any atom is 0.222 e. The van der Waals surface area contributed by atoms with Gasteiger partial charge in [0.1, 0.15) is 5.82 Å². The minimum Gasteiger partial charge on any atom is -0.342 e. The number of carbonyl (C=O) groups excluding carboxylic acids is 1. The van der Waals surface area contributed by atoms with Crippen molar-refractivity contribution in [1.82, 2.24) is 14.8 Å². The Labute approximate surface area is 173 Å². The van der Waals surface area contributed by atoms with E-state index in [2.05, 4.69) is 23.9 Å². The van der Waals surface area contributed by atoms with E-state index in [0.29, 0.717) is 30.4 Å². The summed E-state index contributed by atoms with van der Waals surface area (Å²) in [5.41, 5.74) is 2.34. The van der Waals surface area contributed by atoms with Crippen LogP contribution in [-0.4, -0.2) is 53.9 Å². The second kappa shape index (κ2) is 8.39. The van der Waals surface area contributed by atoms with Crippen molar-refractivity contribution in [3.63, 3.8) is 0 Å². The molecule has 1 amide bonds. The summed E-state index contributed by atoms with van der Waals surface area (Å²) in [7, 11) is 2.15. The highest BCUT2D eigenvalue weighted by molar-refractivity contribution is 5.86. The van der Waals surface area contributed by atoms with E-state index >= 15 is 0 Å². The second-order valence-corrected chi connectivity index (χ2v) is 9.26. The molecule has 0 spiro atoms. The fourth-order valence-electron chi connectivity index (χ4n) is 5.13. The van der Waals surface area contributed by atoms with E-state index in [9.17, 15) is 9.18 Å². The van der Waals surface area contributed by atoms with Crippen LogP contribution < -0.4 is 0 Å². The average molecular weight is 398 g/mol. The smallest absolute Gasteiger partial charge is 0.222 e. The number of likely N-dealkylation sites (tertiary alicyclic amines) is 2. The van der Waals surface area contributed by atoms with Crippen LogP contribution in [-0.2, 0) is 4.79 Å². The van der Waals surface area contributed by atoms with Crippen LogP contribution in [0.15, 0.2) is 24.4 Å². The largest absolute Gasteiger partial charge is 0.342 e. The Hall–Kier alpha value is -2.01. The number of aryl methyl sites for hydroxylation is 1. The Morgan fingerprint density at radius 1 is 1.28 bits per heavy atom. The summed E-state index contributed by atoms with van der Waals surface area (Å²) in [5, 5.41) is 1.02. The number of benzene rings is 1. The van der Waals surface area contributed by atoms with Gasteiger partial charge in [-0.1, -0.05) is 13.0 Å². The lowest BCUT2D eigenvalue weighted by Crippen LogP contribution is -2.43. The number of aromatic nitrogens is 1. The van der Waals surface area contributed by atoms with Gasteiger partial charge in [-0.3, -0.25) is 9.78 Å². The topological polar surface area (TPSA) is 36.4 Å². The molecule has 2 fully saturated rings. The summed E-state index contributed by atoms with van der Waals surface area (Å²) in [6.07, 6.45) is 5.56. The predicted octanol–water partition coefficient (Wildman–Crippen LogP) is 4.37. The summed E-state index contributed by atoms with van der Waals surface area (Å²) in [5.74, 6) is 1.13. The lowest BCUT2D eigenvalue weighted by atomic mass is 9.82. The van der Waals surface area contributed by atoms with Gasteiger partial charge in [0.05, 0.1) is 5.52 Å². The molecule has 2 saturated heterocycles. The number of rotatable bonds is 3. The van der Waals surface area contributed by atoms with Gasteiger partial charge >= 0.3 is 0 Å². The molecule has 29 heavy (non-hydrogen) atoms. The number of nitrogens with zero attached hydrogens (tertiary/aromatic N) is 3. The minimum atomic E-state index is -0.200. The van der Waals surface area contributed by atoms with Gasteiger partial charge in [-0.25, -0.2) is 4.39 Å². The third-order valence-corrected chi connectivity index (χ3v) is 6.87. The number of piperidine rings is 2. The number of hydrogen-bond donors (Lipinski definition) is 0. The van der Waals surface area contributed by atoms with Crippen molar-refractivity contribution < 1.29 is 9.18 Å². The van der Waals surface area contributed by atoms with Crippen LogP contribution in [0, 0.1) is 24.6 Å². The van der Waals surface area contributed by atoms with Crippen molar-refractivity contribution in [3.8, 4) is 0 Å². The summed E-state index contributed by atoms with van der Waals surface area (Å²) in [6, 6.07) is 5.63. The summed E-state index contributed by atoms with van der Waals surface area (Å²) >= 11 is 0. The van der Waals surface area contributed by atoms with E-state index in [1.54, 1.807) is 19.2 Å². The Morgan fingerprint density at radius 2 is 2.03 bits per heavy atom. The van der Waals surface area contributed by atoms with Crippen LogP contribution >= 0.6 is 0 Å². The molecule has 2 aliphatic rings. The molecule has 5 heteroatoms. The molecule has 0 radical (unpaired) electrons. The monoisotopic (exact) mass is 397 g/mol. The van der Waals surface area contributed by atoms with Gasteiger partial charge in [0, 0.05) is 42.6 Å². The lowest BCUT2D eigenvalue weighted by Gasteiger charge is -2.38. The molecule has 0 N–H and O–H groups in total. The molecular weight excluding hydrogens is 365 g/mol. The van der Waals surface area contributed by atoms with Crippen molar-refractivity contribution in [2.45, 2.75) is 45.4 Å². The summed E-state index contributed by atoms with van der Waals surface area (Å²) in [4.78, 5) is 21.9. The van der Waals surface area contributed by atoms with Gasteiger partial charge in [0.25, 0.3) is 0 Å². The first-order valence-corrected chi connectivity index (χ1v) is 10.9. The van der Waals surface area contributed by atoms with Crippen molar-refractivity contribution in [2.75, 3.05) is 33.2 Å². The molecule has 156 valence electrons. The van der Waals surface area contributed by atoms with Crippen molar-refractivity contribution >= 4 is 16.8 Å². The van der Waals surface area contributed by atoms with Crippen LogP contribution in [0.5, 0.6) is 0 Å². The molecule has 2 atom stereocenters. The Bertz CT molecular complexity index is 891. The number of halogens is 1. The molecule has 2 aromatic rings. The molecule has 4 nitrogen and oxygen atoms in total. The number of pyridine rings is 1. The third-order valence-electron chi connectivity index (χ3n) is 6.87. The molecule has 0 saturated carbocycles. The van der Waals surface area contributed by atoms with Crippen LogP contribution in [0.4, 0.5) is 4.39 Å². The number of amides is 1.